The van der Waals surface area contributed by atoms with E-state index in [9.17, 15) is 4.79 Å². The fourth-order valence-corrected chi connectivity index (χ4v) is 5.90. The van der Waals surface area contributed by atoms with Crippen LogP contribution in [-0.2, 0) is 10.2 Å². The molecule has 3 fully saturated rings. The Bertz CT molecular complexity index is 959. The minimum absolute atomic E-state index is 0.0360. The molecule has 0 radical (unpaired) electrons. The summed E-state index contributed by atoms with van der Waals surface area (Å²) in [5.74, 6) is 0.0551. The maximum absolute atomic E-state index is 11.6. The molecule has 9 heteroatoms. The molecule has 1 unspecified atom stereocenters. The van der Waals surface area contributed by atoms with Crippen LogP contribution in [0, 0.1) is 11.3 Å². The third kappa shape index (κ3) is 3.81. The van der Waals surface area contributed by atoms with Gasteiger partial charge in [-0.25, -0.2) is 4.98 Å². The first-order valence-electron chi connectivity index (χ1n) is 9.80. The molecule has 0 saturated heterocycles. The Kier molecular flexibility index (Phi) is 5.21. The number of nitrogens with one attached hydrogen (secondary N) is 2. The lowest BCUT2D eigenvalue weighted by molar-refractivity contribution is -0.122. The minimum atomic E-state index is -0.364. The van der Waals surface area contributed by atoms with Crippen molar-refractivity contribution in [3.63, 3.8) is 0 Å². The van der Waals surface area contributed by atoms with Gasteiger partial charge < -0.3 is 10.6 Å². The Balaban J connectivity index is 1.59. The molecule has 2 aromatic heterocycles. The number of pyridine rings is 1. The number of nitriles is 1. The summed E-state index contributed by atoms with van der Waals surface area (Å²) in [5, 5.41) is 26.7. The molecule has 2 bridgehead atoms. The van der Waals surface area contributed by atoms with Crippen LogP contribution in [0.1, 0.15) is 57.4 Å². The number of nitrogens with zero attached hydrogens (tertiary/aromatic N) is 4. The van der Waals surface area contributed by atoms with Crippen LogP contribution in [0.5, 0.6) is 0 Å². The first-order chi connectivity index (χ1) is 13.8. The Morgan fingerprint density at radius 1 is 1.28 bits per heavy atom. The van der Waals surface area contributed by atoms with Crippen molar-refractivity contribution in [1.82, 2.24) is 20.5 Å². The number of anilines is 1. The number of amides is 1. The lowest BCUT2D eigenvalue weighted by Gasteiger charge is -2.52. The molecule has 2 aromatic rings. The number of carbonyl (C=O) groups excluding carboxylic acids is 1. The van der Waals surface area contributed by atoms with Gasteiger partial charge in [-0.3, -0.25) is 4.79 Å². The summed E-state index contributed by atoms with van der Waals surface area (Å²) in [6, 6.07) is 3.52. The fourth-order valence-electron chi connectivity index (χ4n) is 4.60. The number of carbonyl (C=O) groups is 1. The van der Waals surface area contributed by atoms with Crippen LogP contribution >= 0.6 is 22.9 Å². The summed E-state index contributed by atoms with van der Waals surface area (Å²) in [6.07, 6.45) is 7.66. The van der Waals surface area contributed by atoms with Gasteiger partial charge in [-0.2, -0.15) is 5.26 Å². The van der Waals surface area contributed by atoms with E-state index in [4.69, 9.17) is 16.9 Å². The smallest absolute Gasteiger partial charge is 0.217 e. The second kappa shape index (κ2) is 7.54. The normalized spacial score (nSPS) is 26.6. The van der Waals surface area contributed by atoms with E-state index in [1.807, 2.05) is 0 Å². The van der Waals surface area contributed by atoms with Crippen LogP contribution in [0.4, 0.5) is 5.69 Å². The SMILES string of the molecule is CC(=O)NC12CCC(c3nnc(-c4cnc(Cl)cc4NC(C)C#N)s3)(CC1)CC2. The first-order valence-corrected chi connectivity index (χ1v) is 11.0. The fraction of sp³-hybridized carbons (Fsp3) is 0.550. The van der Waals surface area contributed by atoms with Gasteiger partial charge in [0.2, 0.25) is 5.91 Å². The molecule has 0 aliphatic heterocycles. The van der Waals surface area contributed by atoms with Crippen molar-refractivity contribution in [2.24, 2.45) is 0 Å². The van der Waals surface area contributed by atoms with Crippen LogP contribution < -0.4 is 10.6 Å². The highest BCUT2D eigenvalue weighted by atomic mass is 35.5. The molecule has 7 nitrogen and oxygen atoms in total. The van der Waals surface area contributed by atoms with Crippen molar-refractivity contribution in [3.05, 3.63) is 22.4 Å². The number of fused-ring (bicyclic) bond motifs is 3. The zero-order valence-corrected chi connectivity index (χ0v) is 18.0. The molecule has 1 atom stereocenters. The Hall–Kier alpha value is -2.24. The molecule has 3 saturated carbocycles. The molecular weight excluding hydrogens is 408 g/mol. The van der Waals surface area contributed by atoms with Crippen molar-refractivity contribution in [3.8, 4) is 16.6 Å². The summed E-state index contributed by atoms with van der Waals surface area (Å²) < 4.78 is 0. The van der Waals surface area contributed by atoms with E-state index >= 15 is 0 Å². The van der Waals surface area contributed by atoms with Gasteiger partial charge in [0.1, 0.15) is 16.2 Å². The molecular formula is C20H23ClN6OS. The Morgan fingerprint density at radius 2 is 1.97 bits per heavy atom. The topological polar surface area (TPSA) is 104 Å². The second-order valence-corrected chi connectivity index (χ2v) is 9.57. The van der Waals surface area contributed by atoms with Crippen molar-refractivity contribution in [2.75, 3.05) is 5.32 Å². The van der Waals surface area contributed by atoms with Crippen molar-refractivity contribution in [1.29, 1.82) is 5.26 Å². The molecule has 5 rings (SSSR count). The number of hydrogen-bond donors (Lipinski definition) is 2. The predicted molar refractivity (Wildman–Crippen MR) is 113 cm³/mol. The van der Waals surface area contributed by atoms with E-state index < -0.39 is 0 Å². The van der Waals surface area contributed by atoms with Gasteiger partial charge in [-0.1, -0.05) is 22.9 Å². The molecule has 152 valence electrons. The molecule has 2 heterocycles. The highest BCUT2D eigenvalue weighted by Crippen LogP contribution is 2.54. The summed E-state index contributed by atoms with van der Waals surface area (Å²) in [6.45, 7) is 3.38. The molecule has 2 N–H and O–H groups in total. The monoisotopic (exact) mass is 430 g/mol. The maximum atomic E-state index is 11.6. The van der Waals surface area contributed by atoms with E-state index in [1.165, 1.54) is 0 Å². The zero-order valence-electron chi connectivity index (χ0n) is 16.5. The van der Waals surface area contributed by atoms with Crippen molar-refractivity contribution < 1.29 is 4.79 Å². The lowest BCUT2D eigenvalue weighted by atomic mass is 9.57. The summed E-state index contributed by atoms with van der Waals surface area (Å²) in [4.78, 5) is 15.8. The van der Waals surface area contributed by atoms with Gasteiger partial charge in [-0.15, -0.1) is 10.2 Å². The molecule has 3 aliphatic carbocycles. The molecule has 3 aliphatic rings. The highest BCUT2D eigenvalue weighted by Gasteiger charge is 2.51. The van der Waals surface area contributed by atoms with E-state index in [1.54, 1.807) is 37.4 Å². The third-order valence-electron chi connectivity index (χ3n) is 6.23. The van der Waals surface area contributed by atoms with Crippen LogP contribution in [0.2, 0.25) is 5.15 Å². The maximum Gasteiger partial charge on any atom is 0.217 e. The number of rotatable bonds is 5. The van der Waals surface area contributed by atoms with Crippen LogP contribution in [-0.4, -0.2) is 32.7 Å². The van der Waals surface area contributed by atoms with Gasteiger partial charge in [0, 0.05) is 24.1 Å². The second-order valence-electron chi connectivity index (χ2n) is 8.20. The molecule has 29 heavy (non-hydrogen) atoms. The average Bonchev–Trinajstić information content (AvgIpc) is 3.19. The summed E-state index contributed by atoms with van der Waals surface area (Å²) >= 11 is 7.65. The minimum Gasteiger partial charge on any atom is -0.369 e. The summed E-state index contributed by atoms with van der Waals surface area (Å²) in [5.41, 5.74) is 1.54. The molecule has 1 amide bonds. The molecule has 0 aromatic carbocycles. The summed E-state index contributed by atoms with van der Waals surface area (Å²) in [7, 11) is 0. The van der Waals surface area contributed by atoms with Crippen LogP contribution in [0.25, 0.3) is 10.6 Å². The van der Waals surface area contributed by atoms with E-state index in [0.29, 0.717) is 5.15 Å². The van der Waals surface area contributed by atoms with Gasteiger partial charge in [0.25, 0.3) is 0 Å². The number of hydrogen-bond acceptors (Lipinski definition) is 7. The third-order valence-corrected chi connectivity index (χ3v) is 7.64. The van der Waals surface area contributed by atoms with E-state index in [0.717, 1.165) is 59.8 Å². The van der Waals surface area contributed by atoms with E-state index in [-0.39, 0.29) is 22.9 Å². The Morgan fingerprint density at radius 3 is 2.59 bits per heavy atom. The van der Waals surface area contributed by atoms with Crippen LogP contribution in [0.3, 0.4) is 0 Å². The standard InChI is InChI=1S/C20H23ClN6OS/c1-12(10-22)24-15-9-16(21)23-11-14(15)17-26-27-18(29-17)19-3-6-20(7-4-19,8-5-19)25-13(2)28/h9,11-12H,3-8H2,1-2H3,(H,23,24)(H,25,28). The van der Waals surface area contributed by atoms with Gasteiger partial charge in [-0.05, 0) is 51.5 Å². The molecule has 0 spiro atoms. The lowest BCUT2D eigenvalue weighted by Crippen LogP contribution is -2.57. The highest BCUT2D eigenvalue weighted by molar-refractivity contribution is 7.14. The quantitative estimate of drug-likeness (QED) is 0.693. The van der Waals surface area contributed by atoms with E-state index in [2.05, 4.69) is 31.9 Å². The number of aromatic nitrogens is 3. The van der Waals surface area contributed by atoms with Gasteiger partial charge >= 0.3 is 0 Å². The van der Waals surface area contributed by atoms with Crippen molar-refractivity contribution >= 4 is 34.5 Å². The average molecular weight is 431 g/mol. The van der Waals surface area contributed by atoms with Crippen molar-refractivity contribution in [2.45, 2.75) is 69.4 Å². The Labute approximate surface area is 178 Å². The van der Waals surface area contributed by atoms with Gasteiger partial charge in [0.05, 0.1) is 17.3 Å². The van der Waals surface area contributed by atoms with Crippen LogP contribution in [0.15, 0.2) is 12.3 Å². The predicted octanol–water partition coefficient (Wildman–Crippen LogP) is 4.06. The number of halogens is 1. The largest absolute Gasteiger partial charge is 0.369 e. The zero-order chi connectivity index (χ0) is 20.6. The van der Waals surface area contributed by atoms with Gasteiger partial charge in [0.15, 0.2) is 5.01 Å². The first kappa shape index (κ1) is 20.0.